The first-order valence-electron chi connectivity index (χ1n) is 7.68. The Morgan fingerprint density at radius 3 is 2.83 bits per heavy atom. The lowest BCUT2D eigenvalue weighted by molar-refractivity contribution is -0.135. The van der Waals surface area contributed by atoms with E-state index in [9.17, 15) is 13.2 Å². The van der Waals surface area contributed by atoms with Crippen LogP contribution in [0.5, 0.6) is 0 Å². The number of nitrogens with zero attached hydrogens (tertiary/aromatic N) is 3. The van der Waals surface area contributed by atoms with Crippen molar-refractivity contribution in [3.8, 4) is 0 Å². The summed E-state index contributed by atoms with van der Waals surface area (Å²) in [5.74, 6) is 0.829. The summed E-state index contributed by atoms with van der Waals surface area (Å²) in [7, 11) is -3.22. The van der Waals surface area contributed by atoms with Gasteiger partial charge in [0.05, 0.1) is 6.26 Å². The summed E-state index contributed by atoms with van der Waals surface area (Å²) in [5.41, 5.74) is 0. The lowest BCUT2D eigenvalue weighted by atomic mass is 9.94. The van der Waals surface area contributed by atoms with Crippen LogP contribution in [0.25, 0.3) is 0 Å². The molecule has 1 aromatic rings. The van der Waals surface area contributed by atoms with Crippen LogP contribution in [0.1, 0.15) is 25.0 Å². The molecular weight excluding hydrogens is 342 g/mol. The maximum absolute atomic E-state index is 12.5. The van der Waals surface area contributed by atoms with Crippen molar-refractivity contribution in [2.45, 2.75) is 31.7 Å². The molecule has 2 bridgehead atoms. The molecule has 1 amide bonds. The van der Waals surface area contributed by atoms with E-state index in [2.05, 4.69) is 5.16 Å². The van der Waals surface area contributed by atoms with Crippen molar-refractivity contribution in [3.05, 3.63) is 17.0 Å². The van der Waals surface area contributed by atoms with E-state index in [1.54, 1.807) is 6.07 Å². The Morgan fingerprint density at radius 2 is 2.17 bits per heavy atom. The Balaban J connectivity index is 1.65. The first-order chi connectivity index (χ1) is 10.8. The quantitative estimate of drug-likeness (QED) is 0.803. The lowest BCUT2D eigenvalue weighted by Gasteiger charge is -2.36. The monoisotopic (exact) mass is 361 g/mol. The number of piperidine rings is 1. The molecule has 0 aliphatic carbocycles. The van der Waals surface area contributed by atoms with E-state index in [0.717, 1.165) is 12.8 Å². The summed E-state index contributed by atoms with van der Waals surface area (Å²) in [4.78, 5) is 14.4. The highest BCUT2D eigenvalue weighted by molar-refractivity contribution is 7.88. The van der Waals surface area contributed by atoms with Crippen molar-refractivity contribution in [3.63, 3.8) is 0 Å². The van der Waals surface area contributed by atoms with E-state index in [1.807, 2.05) is 4.90 Å². The van der Waals surface area contributed by atoms with Gasteiger partial charge in [-0.15, -0.1) is 0 Å². The smallest absolute Gasteiger partial charge is 0.223 e. The standard InChI is InChI=1S/C14H20ClN3O4S/c1-23(20,21)17-7-10-2-3-11(9-17)18(8-10)14(19)5-4-12-6-13(15)16-22-12/h6,10-11H,2-5,7-9H2,1H3/t10-,11+/m1/s1. The van der Waals surface area contributed by atoms with Crippen LogP contribution in [0.15, 0.2) is 10.6 Å². The number of amides is 1. The highest BCUT2D eigenvalue weighted by Crippen LogP contribution is 2.29. The number of rotatable bonds is 4. The van der Waals surface area contributed by atoms with Crippen LogP contribution >= 0.6 is 11.6 Å². The average molecular weight is 362 g/mol. The first-order valence-corrected chi connectivity index (χ1v) is 9.91. The molecule has 0 radical (unpaired) electrons. The van der Waals surface area contributed by atoms with Crippen molar-refractivity contribution >= 4 is 27.5 Å². The third-order valence-corrected chi connectivity index (χ3v) is 6.00. The zero-order valence-corrected chi connectivity index (χ0v) is 14.5. The second kappa shape index (κ2) is 6.41. The molecule has 0 spiro atoms. The number of sulfonamides is 1. The summed E-state index contributed by atoms with van der Waals surface area (Å²) in [6.07, 6.45) is 3.82. The molecule has 3 aliphatic rings. The minimum absolute atomic E-state index is 0.0302. The molecule has 128 valence electrons. The predicted octanol–water partition coefficient (Wildman–Crippen LogP) is 1.14. The van der Waals surface area contributed by atoms with Gasteiger partial charge < -0.3 is 9.42 Å². The molecule has 2 atom stereocenters. The second-order valence-corrected chi connectivity index (χ2v) is 8.71. The van der Waals surface area contributed by atoms with Gasteiger partial charge in [0, 0.05) is 44.6 Å². The number of aryl methyl sites for hydroxylation is 1. The largest absolute Gasteiger partial charge is 0.360 e. The fourth-order valence-corrected chi connectivity index (χ4v) is 4.48. The van der Waals surface area contributed by atoms with E-state index in [1.165, 1.54) is 10.6 Å². The number of fused-ring (bicyclic) bond motifs is 4. The second-order valence-electron chi connectivity index (χ2n) is 6.34. The fourth-order valence-electron chi connectivity index (χ4n) is 3.39. The van der Waals surface area contributed by atoms with E-state index < -0.39 is 10.0 Å². The van der Waals surface area contributed by atoms with E-state index in [-0.39, 0.29) is 23.0 Å². The molecule has 3 aliphatic heterocycles. The highest BCUT2D eigenvalue weighted by atomic mass is 35.5. The van der Waals surface area contributed by atoms with Gasteiger partial charge >= 0.3 is 0 Å². The predicted molar refractivity (Wildman–Crippen MR) is 84.5 cm³/mol. The van der Waals surface area contributed by atoms with Crippen LogP contribution in [-0.4, -0.2) is 60.6 Å². The molecule has 23 heavy (non-hydrogen) atoms. The van der Waals surface area contributed by atoms with Gasteiger partial charge in [0.1, 0.15) is 5.76 Å². The van der Waals surface area contributed by atoms with Crippen LogP contribution in [0, 0.1) is 5.92 Å². The number of carbonyl (C=O) groups is 1. The zero-order valence-electron chi connectivity index (χ0n) is 12.9. The molecule has 9 heteroatoms. The normalized spacial score (nSPS) is 25.6. The van der Waals surface area contributed by atoms with E-state index >= 15 is 0 Å². The SMILES string of the molecule is CS(=O)(=O)N1C[C@H]2CC[C@@H](C1)N(C(=O)CCc1cc(Cl)no1)C2. The van der Waals surface area contributed by atoms with Gasteiger partial charge in [-0.05, 0) is 18.8 Å². The van der Waals surface area contributed by atoms with Gasteiger partial charge in [-0.25, -0.2) is 8.42 Å². The minimum Gasteiger partial charge on any atom is -0.360 e. The highest BCUT2D eigenvalue weighted by Gasteiger charge is 2.39. The fraction of sp³-hybridized carbons (Fsp3) is 0.714. The molecule has 0 aromatic carbocycles. The van der Waals surface area contributed by atoms with Crippen LogP contribution in [0.4, 0.5) is 0 Å². The molecule has 0 saturated carbocycles. The molecule has 4 rings (SSSR count). The van der Waals surface area contributed by atoms with Gasteiger partial charge in [0.2, 0.25) is 15.9 Å². The minimum atomic E-state index is -3.22. The van der Waals surface area contributed by atoms with Gasteiger partial charge in [-0.2, -0.15) is 4.31 Å². The zero-order chi connectivity index (χ0) is 16.6. The Bertz CT molecular complexity index is 690. The van der Waals surface area contributed by atoms with Crippen molar-refractivity contribution in [1.29, 1.82) is 0 Å². The Morgan fingerprint density at radius 1 is 1.39 bits per heavy atom. The average Bonchev–Trinajstić information content (AvgIpc) is 2.71. The molecule has 0 unspecified atom stereocenters. The van der Waals surface area contributed by atoms with Crippen LogP contribution < -0.4 is 0 Å². The summed E-state index contributed by atoms with van der Waals surface area (Å²) in [6.45, 7) is 1.54. The Kier molecular flexibility index (Phi) is 4.66. The van der Waals surface area contributed by atoms with Crippen LogP contribution in [0.3, 0.4) is 0 Å². The first kappa shape index (κ1) is 16.7. The molecular formula is C14H20ClN3O4S. The third kappa shape index (κ3) is 3.87. The molecule has 0 N–H and O–H groups in total. The lowest BCUT2D eigenvalue weighted by Crippen LogP contribution is -2.47. The van der Waals surface area contributed by atoms with Crippen molar-refractivity contribution in [1.82, 2.24) is 14.4 Å². The van der Waals surface area contributed by atoms with Gasteiger partial charge in [0.25, 0.3) is 0 Å². The number of aromatic nitrogens is 1. The maximum Gasteiger partial charge on any atom is 0.223 e. The number of hydrogen-bond acceptors (Lipinski definition) is 5. The molecule has 3 saturated heterocycles. The number of carbonyl (C=O) groups excluding carboxylic acids is 1. The van der Waals surface area contributed by atoms with Crippen LogP contribution in [-0.2, 0) is 21.2 Å². The van der Waals surface area contributed by atoms with E-state index in [4.69, 9.17) is 16.1 Å². The molecule has 7 nitrogen and oxygen atoms in total. The summed E-state index contributed by atoms with van der Waals surface area (Å²) < 4.78 is 30.2. The van der Waals surface area contributed by atoms with Gasteiger partial charge in [-0.3, -0.25) is 4.79 Å². The van der Waals surface area contributed by atoms with Gasteiger partial charge in [-0.1, -0.05) is 16.8 Å². The van der Waals surface area contributed by atoms with Crippen molar-refractivity contribution < 1.29 is 17.7 Å². The maximum atomic E-state index is 12.5. The molecule has 1 aromatic heterocycles. The van der Waals surface area contributed by atoms with E-state index in [0.29, 0.717) is 38.2 Å². The van der Waals surface area contributed by atoms with Crippen molar-refractivity contribution in [2.24, 2.45) is 5.92 Å². The van der Waals surface area contributed by atoms with Crippen LogP contribution in [0.2, 0.25) is 5.15 Å². The summed E-state index contributed by atoms with van der Waals surface area (Å²) >= 11 is 5.69. The molecule has 4 heterocycles. The molecule has 3 fully saturated rings. The van der Waals surface area contributed by atoms with Crippen molar-refractivity contribution in [2.75, 3.05) is 25.9 Å². The van der Waals surface area contributed by atoms with Gasteiger partial charge in [0.15, 0.2) is 5.15 Å². The number of hydrogen-bond donors (Lipinski definition) is 0. The third-order valence-electron chi connectivity index (χ3n) is 4.58. The summed E-state index contributed by atoms with van der Waals surface area (Å²) in [5, 5.41) is 3.87. The summed E-state index contributed by atoms with van der Waals surface area (Å²) in [6, 6.07) is 1.57. The Labute approximate surface area is 140 Å². The Hall–Kier alpha value is -1.12. The number of halogens is 1. The topological polar surface area (TPSA) is 83.7 Å².